The summed E-state index contributed by atoms with van der Waals surface area (Å²) in [7, 11) is -0.803. The summed E-state index contributed by atoms with van der Waals surface area (Å²) in [4.78, 5) is 0. The Bertz CT molecular complexity index is 406. The molecule has 0 saturated heterocycles. The summed E-state index contributed by atoms with van der Waals surface area (Å²) in [6.07, 6.45) is 1.70. The Morgan fingerprint density at radius 2 is 2.06 bits per heavy atom. The lowest BCUT2D eigenvalue weighted by molar-refractivity contribution is 0.442. The number of phenols is 1. The van der Waals surface area contributed by atoms with Crippen molar-refractivity contribution in [1.82, 2.24) is 5.32 Å². The van der Waals surface area contributed by atoms with Gasteiger partial charge in [-0.05, 0) is 26.8 Å². The van der Waals surface area contributed by atoms with E-state index in [1.165, 1.54) is 0 Å². The van der Waals surface area contributed by atoms with Crippen LogP contribution in [-0.2, 0) is 10.8 Å². The van der Waals surface area contributed by atoms with Gasteiger partial charge >= 0.3 is 0 Å². The number of hydrogen-bond donors (Lipinski definition) is 2. The summed E-state index contributed by atoms with van der Waals surface area (Å²) < 4.78 is 11.1. The average molecular weight is 255 g/mol. The zero-order valence-corrected chi connectivity index (χ0v) is 11.7. The van der Waals surface area contributed by atoms with E-state index in [0.29, 0.717) is 11.5 Å². The fraction of sp³-hybridized carbons (Fsp3) is 0.538. The van der Waals surface area contributed by atoms with E-state index in [2.05, 4.69) is 5.32 Å². The number of rotatable bonds is 5. The van der Waals surface area contributed by atoms with E-state index in [4.69, 9.17) is 0 Å². The summed E-state index contributed by atoms with van der Waals surface area (Å²) in [6, 6.07) is 5.79. The van der Waals surface area contributed by atoms with Crippen molar-refractivity contribution in [3.8, 4) is 5.75 Å². The van der Waals surface area contributed by atoms with Crippen molar-refractivity contribution in [2.75, 3.05) is 12.0 Å². The molecule has 3 unspecified atom stereocenters. The van der Waals surface area contributed by atoms with Crippen molar-refractivity contribution in [2.24, 2.45) is 0 Å². The van der Waals surface area contributed by atoms with Gasteiger partial charge in [0.05, 0.1) is 0 Å². The van der Waals surface area contributed by atoms with Crippen molar-refractivity contribution in [3.63, 3.8) is 0 Å². The van der Waals surface area contributed by atoms with Gasteiger partial charge in [0.25, 0.3) is 0 Å². The van der Waals surface area contributed by atoms with Crippen molar-refractivity contribution < 1.29 is 9.32 Å². The molecule has 1 aromatic carbocycles. The van der Waals surface area contributed by atoms with E-state index in [1.807, 2.05) is 32.9 Å². The standard InChI is InChI=1S/C13H21NO2S/c1-9-5-6-13(15)12(7-9)11(3)14-10(2)8-17(4)16/h5-7,10-11,14-15H,8H2,1-4H3. The maximum atomic E-state index is 11.1. The van der Waals surface area contributed by atoms with Gasteiger partial charge in [-0.15, -0.1) is 0 Å². The van der Waals surface area contributed by atoms with E-state index in [9.17, 15) is 9.32 Å². The number of aromatic hydroxyl groups is 1. The van der Waals surface area contributed by atoms with Crippen LogP contribution in [0.1, 0.15) is 31.0 Å². The van der Waals surface area contributed by atoms with Crippen molar-refractivity contribution in [3.05, 3.63) is 29.3 Å². The topological polar surface area (TPSA) is 49.3 Å². The van der Waals surface area contributed by atoms with Gasteiger partial charge in [-0.25, -0.2) is 0 Å². The molecule has 0 amide bonds. The molecule has 0 aliphatic rings. The molecular weight excluding hydrogens is 234 g/mol. The fourth-order valence-corrected chi connectivity index (χ4v) is 2.74. The second-order valence-electron chi connectivity index (χ2n) is 4.59. The minimum Gasteiger partial charge on any atom is -0.508 e. The van der Waals surface area contributed by atoms with Gasteiger partial charge in [-0.3, -0.25) is 4.21 Å². The summed E-state index contributed by atoms with van der Waals surface area (Å²) in [5, 5.41) is 13.1. The highest BCUT2D eigenvalue weighted by Crippen LogP contribution is 2.25. The predicted octanol–water partition coefficient (Wildman–Crippen LogP) is 2.12. The van der Waals surface area contributed by atoms with Gasteiger partial charge in [0.1, 0.15) is 5.75 Å². The Kier molecular flexibility index (Phi) is 5.15. The maximum Gasteiger partial charge on any atom is 0.120 e. The zero-order valence-electron chi connectivity index (χ0n) is 10.9. The molecular formula is C13H21NO2S. The van der Waals surface area contributed by atoms with Gasteiger partial charge < -0.3 is 10.4 Å². The molecule has 2 N–H and O–H groups in total. The predicted molar refractivity (Wildman–Crippen MR) is 72.8 cm³/mol. The Hall–Kier alpha value is -0.870. The minimum atomic E-state index is -0.803. The van der Waals surface area contributed by atoms with Crippen LogP contribution in [0.4, 0.5) is 0 Å². The largest absolute Gasteiger partial charge is 0.508 e. The third-order valence-electron chi connectivity index (χ3n) is 2.67. The lowest BCUT2D eigenvalue weighted by Gasteiger charge is -2.20. The van der Waals surface area contributed by atoms with Crippen LogP contribution < -0.4 is 5.32 Å². The van der Waals surface area contributed by atoms with Gasteiger partial charge in [0.2, 0.25) is 0 Å². The fourth-order valence-electron chi connectivity index (χ4n) is 1.94. The van der Waals surface area contributed by atoms with Crippen LogP contribution in [0.25, 0.3) is 0 Å². The molecule has 4 heteroatoms. The third-order valence-corrected chi connectivity index (χ3v) is 3.64. The molecule has 0 radical (unpaired) electrons. The number of aryl methyl sites for hydroxylation is 1. The first-order chi connectivity index (χ1) is 7.90. The lowest BCUT2D eigenvalue weighted by atomic mass is 10.0. The Labute approximate surface area is 106 Å². The van der Waals surface area contributed by atoms with Crippen LogP contribution in [0, 0.1) is 6.92 Å². The summed E-state index contributed by atoms with van der Waals surface area (Å²) >= 11 is 0. The quantitative estimate of drug-likeness (QED) is 0.847. The molecule has 0 aliphatic carbocycles. The van der Waals surface area contributed by atoms with Crippen LogP contribution >= 0.6 is 0 Å². The first kappa shape index (κ1) is 14.2. The van der Waals surface area contributed by atoms with Gasteiger partial charge in [0.15, 0.2) is 0 Å². The van der Waals surface area contributed by atoms with Crippen LogP contribution in [0.5, 0.6) is 5.75 Å². The molecule has 1 rings (SSSR count). The summed E-state index contributed by atoms with van der Waals surface area (Å²) in [5.74, 6) is 0.928. The van der Waals surface area contributed by atoms with E-state index >= 15 is 0 Å². The normalized spacial score (nSPS) is 16.5. The molecule has 0 bridgehead atoms. The van der Waals surface area contributed by atoms with Crippen LogP contribution in [0.15, 0.2) is 18.2 Å². The summed E-state index contributed by atoms with van der Waals surface area (Å²) in [6.45, 7) is 6.01. The summed E-state index contributed by atoms with van der Waals surface area (Å²) in [5.41, 5.74) is 2.01. The molecule has 0 spiro atoms. The van der Waals surface area contributed by atoms with Crippen LogP contribution in [0.3, 0.4) is 0 Å². The number of phenolic OH excluding ortho intramolecular Hbond substituents is 1. The monoisotopic (exact) mass is 255 g/mol. The molecule has 0 aliphatic heterocycles. The highest BCUT2D eigenvalue weighted by atomic mass is 32.2. The number of benzene rings is 1. The van der Waals surface area contributed by atoms with Crippen molar-refractivity contribution >= 4 is 10.8 Å². The van der Waals surface area contributed by atoms with Crippen LogP contribution in [-0.4, -0.2) is 27.4 Å². The van der Waals surface area contributed by atoms with Crippen molar-refractivity contribution in [1.29, 1.82) is 0 Å². The van der Waals surface area contributed by atoms with E-state index in [1.54, 1.807) is 12.3 Å². The van der Waals surface area contributed by atoms with Gasteiger partial charge in [-0.1, -0.05) is 17.7 Å². The maximum absolute atomic E-state index is 11.1. The lowest BCUT2D eigenvalue weighted by Crippen LogP contribution is -2.33. The SMILES string of the molecule is Cc1ccc(O)c(C(C)NC(C)CS(C)=O)c1. The third kappa shape index (κ3) is 4.48. The number of hydrogen-bond acceptors (Lipinski definition) is 3. The Morgan fingerprint density at radius 3 is 2.65 bits per heavy atom. The van der Waals surface area contributed by atoms with Crippen LogP contribution in [0.2, 0.25) is 0 Å². The molecule has 0 aromatic heterocycles. The van der Waals surface area contributed by atoms with Gasteiger partial charge in [-0.2, -0.15) is 0 Å². The molecule has 0 heterocycles. The number of nitrogens with one attached hydrogen (secondary N) is 1. The average Bonchev–Trinajstić information content (AvgIpc) is 2.20. The molecule has 1 aromatic rings. The molecule has 3 atom stereocenters. The van der Waals surface area contributed by atoms with Crippen molar-refractivity contribution in [2.45, 2.75) is 32.9 Å². The van der Waals surface area contributed by atoms with Gasteiger partial charge in [0, 0.05) is 40.5 Å². The Morgan fingerprint density at radius 1 is 1.41 bits per heavy atom. The molecule has 0 fully saturated rings. The first-order valence-electron chi connectivity index (χ1n) is 5.75. The molecule has 96 valence electrons. The first-order valence-corrected chi connectivity index (χ1v) is 7.48. The van der Waals surface area contributed by atoms with E-state index in [0.717, 1.165) is 11.1 Å². The Balaban J connectivity index is 2.72. The highest BCUT2D eigenvalue weighted by molar-refractivity contribution is 7.84. The zero-order chi connectivity index (χ0) is 13.0. The van der Waals surface area contributed by atoms with E-state index < -0.39 is 10.8 Å². The minimum absolute atomic E-state index is 0.0495. The smallest absolute Gasteiger partial charge is 0.120 e. The molecule has 3 nitrogen and oxygen atoms in total. The highest BCUT2D eigenvalue weighted by Gasteiger charge is 2.13. The van der Waals surface area contributed by atoms with E-state index in [-0.39, 0.29) is 12.1 Å². The second-order valence-corrected chi connectivity index (χ2v) is 6.07. The second kappa shape index (κ2) is 6.17. The molecule has 0 saturated carbocycles. The molecule has 17 heavy (non-hydrogen) atoms.